The molecule has 4 nitrogen and oxygen atoms in total. The van der Waals surface area contributed by atoms with Gasteiger partial charge in [-0.1, -0.05) is 11.6 Å². The molecule has 12 heavy (non-hydrogen) atoms. The Morgan fingerprint density at radius 3 is 3.08 bits per heavy atom. The molecule has 0 aromatic carbocycles. The highest BCUT2D eigenvalue weighted by Gasteiger charge is 2.01. The fraction of sp³-hybridized carbons (Fsp3) is 0.429. The summed E-state index contributed by atoms with van der Waals surface area (Å²) in [6.45, 7) is 0.499. The lowest BCUT2D eigenvalue weighted by Gasteiger charge is -1.98. The molecule has 0 fully saturated rings. The van der Waals surface area contributed by atoms with Gasteiger partial charge in [-0.05, 0) is 0 Å². The fourth-order valence-corrected chi connectivity index (χ4v) is 0.925. The van der Waals surface area contributed by atoms with Crippen LogP contribution < -0.4 is 0 Å². The molecule has 0 unspecified atom stereocenters. The molecule has 0 saturated carbocycles. The second-order valence-electron chi connectivity index (χ2n) is 2.25. The lowest BCUT2D eigenvalue weighted by atomic mass is 10.4. The molecule has 0 aliphatic carbocycles. The van der Waals surface area contributed by atoms with Crippen molar-refractivity contribution in [2.24, 2.45) is 0 Å². The van der Waals surface area contributed by atoms with E-state index < -0.39 is 0 Å². The second kappa shape index (κ2) is 4.11. The largest absolute Gasteiger partial charge is 0.469 e. The topological polar surface area (TPSA) is 44.1 Å². The number of carbonyl (C=O) groups excluding carboxylic acids is 1. The number of hydrogen-bond acceptors (Lipinski definition) is 3. The summed E-state index contributed by atoms with van der Waals surface area (Å²) in [5, 5.41) is 4.47. The SMILES string of the molecule is COC(=O)CCn1cc(Cl)cn1. The molecular formula is C7H9ClN2O2. The molecule has 0 aliphatic heterocycles. The smallest absolute Gasteiger partial charge is 0.307 e. The van der Waals surface area contributed by atoms with E-state index in [2.05, 4.69) is 9.84 Å². The molecule has 66 valence electrons. The molecule has 1 rings (SSSR count). The number of rotatable bonds is 3. The van der Waals surface area contributed by atoms with Gasteiger partial charge >= 0.3 is 5.97 Å². The van der Waals surface area contributed by atoms with Crippen molar-refractivity contribution in [2.75, 3.05) is 7.11 Å². The Bertz CT molecular complexity index is 272. The van der Waals surface area contributed by atoms with Crippen molar-refractivity contribution < 1.29 is 9.53 Å². The number of hydrogen-bond donors (Lipinski definition) is 0. The molecule has 0 atom stereocenters. The molecule has 1 aromatic rings. The zero-order valence-electron chi connectivity index (χ0n) is 6.66. The minimum absolute atomic E-state index is 0.248. The third-order valence-electron chi connectivity index (χ3n) is 1.37. The summed E-state index contributed by atoms with van der Waals surface area (Å²) in [5.41, 5.74) is 0. The van der Waals surface area contributed by atoms with Gasteiger partial charge in [0.1, 0.15) is 0 Å². The molecule has 5 heteroatoms. The number of halogens is 1. The van der Waals surface area contributed by atoms with E-state index in [9.17, 15) is 4.79 Å². The Kier molecular flexibility index (Phi) is 3.10. The van der Waals surface area contributed by atoms with E-state index in [4.69, 9.17) is 11.6 Å². The summed E-state index contributed by atoms with van der Waals surface area (Å²) < 4.78 is 6.06. The average molecular weight is 189 g/mol. The van der Waals surface area contributed by atoms with Crippen molar-refractivity contribution >= 4 is 17.6 Å². The lowest BCUT2D eigenvalue weighted by Crippen LogP contribution is -2.06. The molecule has 0 aliphatic rings. The number of esters is 1. The van der Waals surface area contributed by atoms with Gasteiger partial charge in [0, 0.05) is 6.20 Å². The van der Waals surface area contributed by atoms with Crippen LogP contribution in [-0.2, 0) is 16.1 Å². The zero-order chi connectivity index (χ0) is 8.97. The maximum atomic E-state index is 10.7. The highest BCUT2D eigenvalue weighted by atomic mass is 35.5. The second-order valence-corrected chi connectivity index (χ2v) is 2.68. The molecule has 1 aromatic heterocycles. The molecule has 0 N–H and O–H groups in total. The highest BCUT2D eigenvalue weighted by molar-refractivity contribution is 6.30. The molecule has 0 saturated heterocycles. The van der Waals surface area contributed by atoms with Gasteiger partial charge in [0.25, 0.3) is 0 Å². The van der Waals surface area contributed by atoms with E-state index in [1.807, 2.05) is 0 Å². The van der Waals surface area contributed by atoms with Crippen LogP contribution in [0.2, 0.25) is 5.02 Å². The summed E-state index contributed by atoms with van der Waals surface area (Å²) in [6.07, 6.45) is 3.50. The standard InChI is InChI=1S/C7H9ClN2O2/c1-12-7(11)2-3-10-5-6(8)4-9-10/h4-5H,2-3H2,1H3. The van der Waals surface area contributed by atoms with Gasteiger partial charge in [0.15, 0.2) is 0 Å². The first-order valence-electron chi connectivity index (χ1n) is 3.47. The van der Waals surface area contributed by atoms with Crippen molar-refractivity contribution in [1.29, 1.82) is 0 Å². The summed E-state index contributed by atoms with van der Waals surface area (Å²) in [7, 11) is 1.36. The fourth-order valence-electron chi connectivity index (χ4n) is 0.769. The zero-order valence-corrected chi connectivity index (χ0v) is 7.41. The number of ether oxygens (including phenoxy) is 1. The minimum Gasteiger partial charge on any atom is -0.469 e. The summed E-state index contributed by atoms with van der Waals surface area (Å²) in [4.78, 5) is 10.7. The van der Waals surface area contributed by atoms with Crippen LogP contribution in [0.3, 0.4) is 0 Å². The van der Waals surface area contributed by atoms with Crippen LogP contribution in [0, 0.1) is 0 Å². The van der Waals surface area contributed by atoms with Crippen molar-refractivity contribution in [3.8, 4) is 0 Å². The third kappa shape index (κ3) is 2.54. The van der Waals surface area contributed by atoms with Crippen LogP contribution in [0.25, 0.3) is 0 Å². The van der Waals surface area contributed by atoms with E-state index in [-0.39, 0.29) is 5.97 Å². The number of nitrogens with zero attached hydrogens (tertiary/aromatic N) is 2. The Labute approximate surface area is 75.1 Å². The monoisotopic (exact) mass is 188 g/mol. The maximum absolute atomic E-state index is 10.7. The Hall–Kier alpha value is -1.03. The molecule has 1 heterocycles. The van der Waals surface area contributed by atoms with E-state index >= 15 is 0 Å². The summed E-state index contributed by atoms with van der Waals surface area (Å²) in [5.74, 6) is -0.248. The van der Waals surface area contributed by atoms with Gasteiger partial charge in [-0.25, -0.2) is 0 Å². The van der Waals surface area contributed by atoms with E-state index in [1.165, 1.54) is 13.3 Å². The van der Waals surface area contributed by atoms with E-state index in [1.54, 1.807) is 10.9 Å². The van der Waals surface area contributed by atoms with Crippen LogP contribution in [0.1, 0.15) is 6.42 Å². The third-order valence-corrected chi connectivity index (χ3v) is 1.57. The predicted octanol–water partition coefficient (Wildman–Crippen LogP) is 1.10. The van der Waals surface area contributed by atoms with Crippen LogP contribution in [0.5, 0.6) is 0 Å². The maximum Gasteiger partial charge on any atom is 0.307 e. The number of aromatic nitrogens is 2. The van der Waals surface area contributed by atoms with Crippen LogP contribution >= 0.6 is 11.6 Å². The number of methoxy groups -OCH3 is 1. The summed E-state index contributed by atoms with van der Waals surface area (Å²) in [6, 6.07) is 0. The molecular weight excluding hydrogens is 180 g/mol. The first kappa shape index (κ1) is 9.06. The molecule has 0 bridgehead atoms. The lowest BCUT2D eigenvalue weighted by molar-refractivity contribution is -0.140. The van der Waals surface area contributed by atoms with Crippen LogP contribution in [0.15, 0.2) is 12.4 Å². The Morgan fingerprint density at radius 1 is 1.83 bits per heavy atom. The average Bonchev–Trinajstić information content (AvgIpc) is 2.47. The normalized spacial score (nSPS) is 9.83. The summed E-state index contributed by atoms with van der Waals surface area (Å²) >= 11 is 5.61. The van der Waals surface area contributed by atoms with Gasteiger partial charge in [-0.2, -0.15) is 5.10 Å². The van der Waals surface area contributed by atoms with Crippen molar-refractivity contribution in [3.05, 3.63) is 17.4 Å². The van der Waals surface area contributed by atoms with Crippen molar-refractivity contribution in [1.82, 2.24) is 9.78 Å². The highest BCUT2D eigenvalue weighted by Crippen LogP contribution is 2.04. The molecule has 0 radical (unpaired) electrons. The Morgan fingerprint density at radius 2 is 2.58 bits per heavy atom. The van der Waals surface area contributed by atoms with Gasteiger partial charge < -0.3 is 4.74 Å². The van der Waals surface area contributed by atoms with Gasteiger partial charge in [-0.15, -0.1) is 0 Å². The van der Waals surface area contributed by atoms with E-state index in [0.29, 0.717) is 18.0 Å². The van der Waals surface area contributed by atoms with E-state index in [0.717, 1.165) is 0 Å². The van der Waals surface area contributed by atoms with Crippen LogP contribution in [-0.4, -0.2) is 22.9 Å². The van der Waals surface area contributed by atoms with Gasteiger partial charge in [0.05, 0.1) is 31.3 Å². The first-order valence-corrected chi connectivity index (χ1v) is 3.85. The van der Waals surface area contributed by atoms with Gasteiger partial charge in [-0.3, -0.25) is 9.48 Å². The van der Waals surface area contributed by atoms with Crippen molar-refractivity contribution in [2.45, 2.75) is 13.0 Å². The first-order chi connectivity index (χ1) is 5.72. The van der Waals surface area contributed by atoms with Crippen LogP contribution in [0.4, 0.5) is 0 Å². The quantitative estimate of drug-likeness (QED) is 0.668. The molecule has 0 amide bonds. The minimum atomic E-state index is -0.248. The number of carbonyl (C=O) groups is 1. The Balaban J connectivity index is 2.38. The van der Waals surface area contributed by atoms with Crippen molar-refractivity contribution in [3.63, 3.8) is 0 Å². The van der Waals surface area contributed by atoms with Gasteiger partial charge in [0.2, 0.25) is 0 Å². The molecule has 0 spiro atoms. The number of aryl methyl sites for hydroxylation is 1. The predicted molar refractivity (Wildman–Crippen MR) is 43.9 cm³/mol.